The summed E-state index contributed by atoms with van der Waals surface area (Å²) in [5.74, 6) is -0.0420. The van der Waals surface area contributed by atoms with Crippen molar-refractivity contribution in [3.05, 3.63) is 4.88 Å². The molecule has 0 aromatic carbocycles. The number of hydrogen-bond donors (Lipinski definition) is 2. The monoisotopic (exact) mass is 297 g/mol. The first kappa shape index (κ1) is 14.6. The van der Waals surface area contributed by atoms with Crippen LogP contribution in [0.25, 0.3) is 0 Å². The molecule has 2 amide bonds. The molecule has 2 heterocycles. The molecular formula is C12H19N5O2S. The molecule has 1 aliphatic heterocycles. The number of hydrogen-bond acceptors (Lipinski definition) is 6. The van der Waals surface area contributed by atoms with Crippen molar-refractivity contribution in [2.75, 3.05) is 44.3 Å². The summed E-state index contributed by atoms with van der Waals surface area (Å²) in [5, 5.41) is 3.67. The molecular weight excluding hydrogens is 278 g/mol. The summed E-state index contributed by atoms with van der Waals surface area (Å²) < 4.78 is 0. The molecule has 2 rings (SSSR count). The standard InChI is InChI=1S/C12H19N5O2S/c1-3-14-12-15-10(13)9(20-12)11(19)17-6-4-5-16(2)8(18)7-17/h3-7,13H2,1-2H3,(H,14,15). The van der Waals surface area contributed by atoms with E-state index in [0.29, 0.717) is 29.6 Å². The maximum Gasteiger partial charge on any atom is 0.268 e. The van der Waals surface area contributed by atoms with Gasteiger partial charge in [-0.3, -0.25) is 9.59 Å². The SMILES string of the molecule is CCNc1nc(N)c(C(=O)N2CCCN(C)C(=O)C2)s1. The number of nitrogens with one attached hydrogen (secondary N) is 1. The van der Waals surface area contributed by atoms with Gasteiger partial charge in [-0.15, -0.1) is 0 Å². The number of nitrogen functional groups attached to an aromatic ring is 1. The Kier molecular flexibility index (Phi) is 4.43. The number of likely N-dealkylation sites (N-methyl/N-ethyl adjacent to an activating group) is 1. The first-order chi connectivity index (χ1) is 9.52. The smallest absolute Gasteiger partial charge is 0.268 e. The maximum atomic E-state index is 12.5. The summed E-state index contributed by atoms with van der Waals surface area (Å²) in [6.07, 6.45) is 0.771. The lowest BCUT2D eigenvalue weighted by Crippen LogP contribution is -2.37. The van der Waals surface area contributed by atoms with Gasteiger partial charge < -0.3 is 20.9 Å². The van der Waals surface area contributed by atoms with Crippen LogP contribution in [0, 0.1) is 0 Å². The van der Waals surface area contributed by atoms with Gasteiger partial charge in [0.25, 0.3) is 5.91 Å². The van der Waals surface area contributed by atoms with Crippen LogP contribution < -0.4 is 11.1 Å². The Labute approximate surface area is 121 Å². The topological polar surface area (TPSA) is 91.6 Å². The van der Waals surface area contributed by atoms with Crippen LogP contribution in [-0.2, 0) is 4.79 Å². The molecule has 110 valence electrons. The van der Waals surface area contributed by atoms with Gasteiger partial charge in [-0.25, -0.2) is 4.98 Å². The van der Waals surface area contributed by atoms with Gasteiger partial charge in [-0.1, -0.05) is 11.3 Å². The van der Waals surface area contributed by atoms with Crippen molar-refractivity contribution in [2.45, 2.75) is 13.3 Å². The molecule has 0 spiro atoms. The van der Waals surface area contributed by atoms with E-state index in [0.717, 1.165) is 6.42 Å². The van der Waals surface area contributed by atoms with Crippen molar-refractivity contribution in [1.29, 1.82) is 0 Å². The number of rotatable bonds is 3. The number of aromatic nitrogens is 1. The third kappa shape index (κ3) is 3.01. The number of carbonyl (C=O) groups is 2. The van der Waals surface area contributed by atoms with Crippen molar-refractivity contribution in [1.82, 2.24) is 14.8 Å². The van der Waals surface area contributed by atoms with E-state index in [4.69, 9.17) is 5.73 Å². The van der Waals surface area contributed by atoms with Gasteiger partial charge >= 0.3 is 0 Å². The second-order valence-corrected chi connectivity index (χ2v) is 5.66. The van der Waals surface area contributed by atoms with E-state index >= 15 is 0 Å². The molecule has 7 nitrogen and oxygen atoms in total. The number of carbonyl (C=O) groups excluding carboxylic acids is 2. The van der Waals surface area contributed by atoms with E-state index in [1.807, 2.05) is 6.92 Å². The molecule has 0 saturated carbocycles. The molecule has 1 aromatic rings. The number of nitrogens with two attached hydrogens (primary N) is 1. The zero-order chi connectivity index (χ0) is 14.7. The van der Waals surface area contributed by atoms with E-state index in [-0.39, 0.29) is 24.2 Å². The summed E-state index contributed by atoms with van der Waals surface area (Å²) in [5.41, 5.74) is 5.80. The van der Waals surface area contributed by atoms with E-state index in [2.05, 4.69) is 10.3 Å². The fourth-order valence-corrected chi connectivity index (χ4v) is 2.94. The quantitative estimate of drug-likeness (QED) is 0.846. The molecule has 20 heavy (non-hydrogen) atoms. The van der Waals surface area contributed by atoms with Gasteiger partial charge in [0.1, 0.15) is 17.2 Å². The summed E-state index contributed by atoms with van der Waals surface area (Å²) in [6.45, 7) is 3.99. The van der Waals surface area contributed by atoms with E-state index in [1.165, 1.54) is 11.3 Å². The molecule has 0 unspecified atom stereocenters. The lowest BCUT2D eigenvalue weighted by atomic mass is 10.3. The Morgan fingerprint density at radius 3 is 2.95 bits per heavy atom. The highest BCUT2D eigenvalue weighted by Gasteiger charge is 2.26. The zero-order valence-corrected chi connectivity index (χ0v) is 12.5. The Morgan fingerprint density at radius 1 is 1.50 bits per heavy atom. The van der Waals surface area contributed by atoms with Gasteiger partial charge in [-0.05, 0) is 13.3 Å². The summed E-state index contributed by atoms with van der Waals surface area (Å²) in [6, 6.07) is 0. The minimum absolute atomic E-state index is 0.0501. The van der Waals surface area contributed by atoms with Gasteiger partial charge in [-0.2, -0.15) is 0 Å². The lowest BCUT2D eigenvalue weighted by Gasteiger charge is -2.18. The zero-order valence-electron chi connectivity index (χ0n) is 11.7. The second-order valence-electron chi connectivity index (χ2n) is 4.66. The minimum Gasteiger partial charge on any atom is -0.382 e. The highest BCUT2D eigenvalue weighted by molar-refractivity contribution is 7.18. The number of thiazole rings is 1. The van der Waals surface area contributed by atoms with Crippen LogP contribution in [0.2, 0.25) is 0 Å². The Bertz CT molecular complexity index is 516. The molecule has 1 aromatic heterocycles. The Morgan fingerprint density at radius 2 is 2.25 bits per heavy atom. The first-order valence-electron chi connectivity index (χ1n) is 6.56. The first-order valence-corrected chi connectivity index (χ1v) is 7.38. The normalized spacial score (nSPS) is 16.2. The fraction of sp³-hybridized carbons (Fsp3) is 0.583. The van der Waals surface area contributed by atoms with Crippen LogP contribution in [0.1, 0.15) is 23.0 Å². The third-order valence-corrected chi connectivity index (χ3v) is 4.15. The van der Waals surface area contributed by atoms with Gasteiger partial charge in [0.15, 0.2) is 5.13 Å². The minimum atomic E-state index is -0.215. The van der Waals surface area contributed by atoms with Crippen molar-refractivity contribution in [3.8, 4) is 0 Å². The van der Waals surface area contributed by atoms with Crippen LogP contribution in [-0.4, -0.2) is 59.8 Å². The Balaban J connectivity index is 2.16. The molecule has 8 heteroatoms. The predicted molar refractivity (Wildman–Crippen MR) is 78.8 cm³/mol. The molecule has 3 N–H and O–H groups in total. The van der Waals surface area contributed by atoms with E-state index in [9.17, 15) is 9.59 Å². The van der Waals surface area contributed by atoms with Gasteiger partial charge in [0, 0.05) is 26.7 Å². The van der Waals surface area contributed by atoms with Crippen LogP contribution >= 0.6 is 11.3 Å². The van der Waals surface area contributed by atoms with Crippen molar-refractivity contribution in [3.63, 3.8) is 0 Å². The van der Waals surface area contributed by atoms with Crippen LogP contribution in [0.4, 0.5) is 10.9 Å². The number of amides is 2. The van der Waals surface area contributed by atoms with Crippen molar-refractivity contribution >= 4 is 34.1 Å². The lowest BCUT2D eigenvalue weighted by molar-refractivity contribution is -0.129. The van der Waals surface area contributed by atoms with E-state index in [1.54, 1.807) is 16.8 Å². The van der Waals surface area contributed by atoms with E-state index < -0.39 is 0 Å². The molecule has 0 bridgehead atoms. The largest absolute Gasteiger partial charge is 0.382 e. The third-order valence-electron chi connectivity index (χ3n) is 3.14. The van der Waals surface area contributed by atoms with Crippen molar-refractivity contribution in [2.24, 2.45) is 0 Å². The highest BCUT2D eigenvalue weighted by atomic mass is 32.1. The van der Waals surface area contributed by atoms with Gasteiger partial charge in [0.2, 0.25) is 5.91 Å². The van der Waals surface area contributed by atoms with Crippen molar-refractivity contribution < 1.29 is 9.59 Å². The predicted octanol–water partition coefficient (Wildman–Crippen LogP) is 0.461. The van der Waals surface area contributed by atoms with Crippen LogP contribution in [0.3, 0.4) is 0 Å². The average molecular weight is 297 g/mol. The molecule has 1 aliphatic rings. The summed E-state index contributed by atoms with van der Waals surface area (Å²) in [7, 11) is 1.75. The van der Waals surface area contributed by atoms with Crippen LogP contribution in [0.15, 0.2) is 0 Å². The highest BCUT2D eigenvalue weighted by Crippen LogP contribution is 2.26. The maximum absolute atomic E-state index is 12.5. The Hall–Kier alpha value is -1.83. The molecule has 0 atom stereocenters. The summed E-state index contributed by atoms with van der Waals surface area (Å²) in [4.78, 5) is 32.0. The fourth-order valence-electron chi connectivity index (χ4n) is 2.02. The van der Waals surface area contributed by atoms with Gasteiger partial charge in [0.05, 0.1) is 0 Å². The van der Waals surface area contributed by atoms with Crippen LogP contribution in [0.5, 0.6) is 0 Å². The molecule has 0 radical (unpaired) electrons. The molecule has 1 fully saturated rings. The molecule has 0 aliphatic carbocycles. The number of nitrogens with zero attached hydrogens (tertiary/aromatic N) is 3. The number of anilines is 2. The molecule has 1 saturated heterocycles. The average Bonchev–Trinajstić information content (AvgIpc) is 2.68. The summed E-state index contributed by atoms with van der Waals surface area (Å²) >= 11 is 1.23. The second kappa shape index (κ2) is 6.08.